The quantitative estimate of drug-likeness (QED) is 0.292. The van der Waals surface area contributed by atoms with Crippen LogP contribution < -0.4 is 0 Å². The number of fused-ring (bicyclic) bond motifs is 2. The summed E-state index contributed by atoms with van der Waals surface area (Å²) in [6, 6.07) is 1.68. The van der Waals surface area contributed by atoms with E-state index in [9.17, 15) is 19.9 Å². The summed E-state index contributed by atoms with van der Waals surface area (Å²) in [7, 11) is 3.58. The summed E-state index contributed by atoms with van der Waals surface area (Å²) in [5, 5.41) is 8.03. The number of piperidine rings is 1. The second-order valence-corrected chi connectivity index (χ2v) is 9.79. The van der Waals surface area contributed by atoms with Gasteiger partial charge in [-0.1, -0.05) is 12.0 Å². The molecule has 0 N–H and O–H groups in total. The van der Waals surface area contributed by atoms with Crippen LogP contribution in [-0.2, 0) is 18.9 Å². The zero-order chi connectivity index (χ0) is 24.3. The molecule has 4 heterocycles. The maximum absolute atomic E-state index is 13.5. The van der Waals surface area contributed by atoms with Gasteiger partial charge >= 0.3 is 0 Å². The van der Waals surface area contributed by atoms with E-state index >= 15 is 0 Å². The number of carbonyl (C=O) groups is 3. The highest BCUT2D eigenvalue weighted by Gasteiger charge is 2.67. The van der Waals surface area contributed by atoms with E-state index in [0.29, 0.717) is 55.0 Å². The largest absolute Gasteiger partial charge is 0.343 e. The van der Waals surface area contributed by atoms with Crippen molar-refractivity contribution < 1.29 is 14.4 Å². The number of amides is 1. The van der Waals surface area contributed by atoms with Crippen molar-refractivity contribution in [3.8, 4) is 0 Å². The van der Waals surface area contributed by atoms with Crippen molar-refractivity contribution in [3.63, 3.8) is 0 Å². The molecule has 34 heavy (non-hydrogen) atoms. The van der Waals surface area contributed by atoms with Crippen LogP contribution in [0.4, 0.5) is 5.82 Å². The van der Waals surface area contributed by atoms with Gasteiger partial charge in [-0.3, -0.25) is 19.1 Å². The first-order chi connectivity index (χ1) is 16.2. The average molecular weight is 463 g/mol. The number of rotatable bonds is 5. The van der Waals surface area contributed by atoms with Crippen molar-refractivity contribution in [2.75, 3.05) is 13.1 Å². The fourth-order valence-electron chi connectivity index (χ4n) is 5.66. The summed E-state index contributed by atoms with van der Waals surface area (Å²) in [6.07, 6.45) is 6.67. The number of azide groups is 1. The topological polar surface area (TPSA) is 138 Å². The first-order valence-electron chi connectivity index (χ1n) is 11.4. The number of aromatic nitrogens is 3. The minimum absolute atomic E-state index is 0.0563. The molecule has 0 radical (unpaired) electrons. The summed E-state index contributed by atoms with van der Waals surface area (Å²) >= 11 is 0. The van der Waals surface area contributed by atoms with Gasteiger partial charge in [0.1, 0.15) is 5.82 Å². The number of nitrogens with zero attached hydrogens (tertiary/aromatic N) is 8. The number of ketones is 2. The fourth-order valence-corrected chi connectivity index (χ4v) is 5.66. The van der Waals surface area contributed by atoms with Crippen LogP contribution in [0.1, 0.15) is 53.3 Å². The highest BCUT2D eigenvalue weighted by atomic mass is 16.2. The fraction of sp³-hybridized carbons (Fsp3) is 0.522. The van der Waals surface area contributed by atoms with Crippen molar-refractivity contribution in [1.29, 1.82) is 0 Å². The number of aliphatic imine (C=N–C) groups is 1. The summed E-state index contributed by atoms with van der Waals surface area (Å²) in [6.45, 7) is 2.76. The highest BCUT2D eigenvalue weighted by Crippen LogP contribution is 2.57. The Morgan fingerprint density at radius 3 is 2.68 bits per heavy atom. The molecule has 11 nitrogen and oxygen atoms in total. The van der Waals surface area contributed by atoms with Crippen LogP contribution in [0, 0.1) is 11.3 Å². The van der Waals surface area contributed by atoms with Gasteiger partial charge in [-0.15, -0.1) is 0 Å². The van der Waals surface area contributed by atoms with Crippen molar-refractivity contribution in [1.82, 2.24) is 19.2 Å². The third-order valence-electron chi connectivity index (χ3n) is 7.65. The van der Waals surface area contributed by atoms with Crippen molar-refractivity contribution in [3.05, 3.63) is 46.2 Å². The van der Waals surface area contributed by atoms with Crippen LogP contribution in [0.15, 0.2) is 34.8 Å². The minimum atomic E-state index is -1.47. The smallest absolute Gasteiger partial charge is 0.223 e. The zero-order valence-electron chi connectivity index (χ0n) is 19.4. The number of Topliss-reactive ketones (excluding diaryl/α,β-unsaturated/α-hetero) is 2. The zero-order valence-corrected chi connectivity index (χ0v) is 19.4. The molecule has 5 rings (SSSR count). The van der Waals surface area contributed by atoms with Crippen LogP contribution in [0.25, 0.3) is 10.4 Å². The predicted octanol–water partition coefficient (Wildman–Crippen LogP) is 3.00. The molecule has 2 unspecified atom stereocenters. The summed E-state index contributed by atoms with van der Waals surface area (Å²) in [5.74, 6) is 0.0664. The lowest BCUT2D eigenvalue weighted by atomic mass is 9.50. The lowest BCUT2D eigenvalue weighted by molar-refractivity contribution is -0.135. The van der Waals surface area contributed by atoms with Crippen LogP contribution in [-0.4, -0.2) is 61.1 Å². The normalized spacial score (nSPS) is 26.1. The Morgan fingerprint density at radius 1 is 1.29 bits per heavy atom. The summed E-state index contributed by atoms with van der Waals surface area (Å²) in [5.41, 5.74) is 8.49. The molecule has 0 spiro atoms. The Balaban J connectivity index is 1.30. The molecule has 2 fully saturated rings. The van der Waals surface area contributed by atoms with Gasteiger partial charge in [-0.05, 0) is 30.9 Å². The molecular formula is C23H26N8O3. The van der Waals surface area contributed by atoms with E-state index in [0.717, 1.165) is 0 Å². The van der Waals surface area contributed by atoms with Gasteiger partial charge in [0.25, 0.3) is 0 Å². The Kier molecular flexibility index (Phi) is 4.98. The number of hydrogen-bond acceptors (Lipinski definition) is 6. The standard InChI is InChI=1S/C23H26N8O3/c1-22(10-17-23(22,27-28-24)20(34)16-6-7-29(2)21(16)26-17)11-18(32)31-8-4-14(5-9-31)19(33)15-12-25-30(3)13-15/h6-7,12-14H,4-5,8-11H2,1-3H3. The lowest BCUT2D eigenvalue weighted by Crippen LogP contribution is -2.68. The first-order valence-corrected chi connectivity index (χ1v) is 11.4. The molecule has 11 heteroatoms. The Labute approximate surface area is 196 Å². The first kappa shape index (κ1) is 22.1. The van der Waals surface area contributed by atoms with Crippen molar-refractivity contribution in [2.45, 2.75) is 38.1 Å². The molecule has 1 amide bonds. The van der Waals surface area contributed by atoms with E-state index in [1.54, 1.807) is 52.9 Å². The Hall–Kier alpha value is -3.72. The summed E-state index contributed by atoms with van der Waals surface area (Å²) in [4.78, 5) is 48.9. The molecule has 0 aromatic carbocycles. The highest BCUT2D eigenvalue weighted by molar-refractivity contribution is 6.29. The van der Waals surface area contributed by atoms with E-state index in [2.05, 4.69) is 20.1 Å². The molecule has 2 aromatic heterocycles. The molecule has 3 aliphatic rings. The number of aryl methyl sites for hydroxylation is 2. The second kappa shape index (κ2) is 7.66. The van der Waals surface area contributed by atoms with Gasteiger partial charge < -0.3 is 9.47 Å². The van der Waals surface area contributed by atoms with Gasteiger partial charge in [-0.2, -0.15) is 5.10 Å². The monoisotopic (exact) mass is 462 g/mol. The minimum Gasteiger partial charge on any atom is -0.343 e. The SMILES string of the molecule is Cn1cc(C(=O)C2CCN(C(=O)CC3(C)CC4=Nc5c(ccn5C)C(=O)C43N=[N+]=[N-])CC2)cn1. The van der Waals surface area contributed by atoms with E-state index in [1.807, 2.05) is 6.92 Å². The average Bonchev–Trinajstić information content (AvgIpc) is 3.41. The van der Waals surface area contributed by atoms with Gasteiger partial charge in [-0.25, -0.2) is 4.99 Å². The van der Waals surface area contributed by atoms with Gasteiger partial charge in [0.2, 0.25) is 5.91 Å². The Bertz CT molecular complexity index is 1290. The van der Waals surface area contributed by atoms with Crippen LogP contribution in [0.3, 0.4) is 0 Å². The molecule has 1 aliphatic carbocycles. The molecule has 176 valence electrons. The van der Waals surface area contributed by atoms with E-state index in [4.69, 9.17) is 0 Å². The number of likely N-dealkylation sites (tertiary alicyclic amines) is 1. The number of carbonyl (C=O) groups excluding carboxylic acids is 3. The number of hydrogen-bond donors (Lipinski definition) is 0. The maximum Gasteiger partial charge on any atom is 0.223 e. The van der Waals surface area contributed by atoms with E-state index in [1.165, 1.54) is 0 Å². The van der Waals surface area contributed by atoms with Gasteiger partial charge in [0, 0.05) is 68.0 Å². The summed E-state index contributed by atoms with van der Waals surface area (Å²) < 4.78 is 3.37. The molecule has 2 aliphatic heterocycles. The van der Waals surface area contributed by atoms with E-state index < -0.39 is 11.0 Å². The molecule has 2 atom stereocenters. The molecule has 1 saturated carbocycles. The molecule has 2 aromatic rings. The maximum atomic E-state index is 13.5. The second-order valence-electron chi connectivity index (χ2n) is 9.79. The third kappa shape index (κ3) is 3.03. The molecular weight excluding hydrogens is 436 g/mol. The Morgan fingerprint density at radius 2 is 2.03 bits per heavy atom. The van der Waals surface area contributed by atoms with E-state index in [-0.39, 0.29) is 29.8 Å². The van der Waals surface area contributed by atoms with Crippen molar-refractivity contribution >= 4 is 29.0 Å². The lowest BCUT2D eigenvalue weighted by Gasteiger charge is -2.56. The van der Waals surface area contributed by atoms with Crippen LogP contribution in [0.2, 0.25) is 0 Å². The predicted molar refractivity (Wildman–Crippen MR) is 123 cm³/mol. The molecule has 1 saturated heterocycles. The van der Waals surface area contributed by atoms with Crippen LogP contribution in [0.5, 0.6) is 0 Å². The van der Waals surface area contributed by atoms with Crippen LogP contribution >= 0.6 is 0 Å². The molecule has 0 bridgehead atoms. The van der Waals surface area contributed by atoms with Gasteiger partial charge in [0.05, 0.1) is 17.3 Å². The van der Waals surface area contributed by atoms with Crippen molar-refractivity contribution in [2.24, 2.45) is 35.5 Å². The van der Waals surface area contributed by atoms with Gasteiger partial charge in [0.15, 0.2) is 17.1 Å². The third-order valence-corrected chi connectivity index (χ3v) is 7.65.